The van der Waals surface area contributed by atoms with Crippen molar-refractivity contribution in [2.75, 3.05) is 0 Å². The number of nitrogens with one attached hydrogen (secondary N) is 1. The Morgan fingerprint density at radius 3 is 2.80 bits per heavy atom. The summed E-state index contributed by atoms with van der Waals surface area (Å²) in [5, 5.41) is 3.84. The van der Waals surface area contributed by atoms with E-state index < -0.39 is 0 Å². The summed E-state index contributed by atoms with van der Waals surface area (Å²) >= 11 is 3.78. The molecule has 3 atom stereocenters. The number of fused-ring (bicyclic) bond motifs is 2. The van der Waals surface area contributed by atoms with E-state index in [1.165, 1.54) is 27.6 Å². The van der Waals surface area contributed by atoms with Crippen LogP contribution in [0.1, 0.15) is 56.7 Å². The van der Waals surface area contributed by atoms with Gasteiger partial charge in [-0.25, -0.2) is 0 Å². The summed E-state index contributed by atoms with van der Waals surface area (Å²) in [6, 6.07) is 7.66. The molecule has 2 aliphatic heterocycles. The predicted molar refractivity (Wildman–Crippen MR) is 84.4 cm³/mol. The third kappa shape index (κ3) is 2.47. The molecular formula is C17H22BrClN-. The molecule has 0 amide bonds. The Hall–Kier alpha value is -0.310. The highest BCUT2D eigenvalue weighted by atomic mass is 79.9. The van der Waals surface area contributed by atoms with Crippen LogP contribution in [0.25, 0.3) is 0 Å². The van der Waals surface area contributed by atoms with Crippen molar-refractivity contribution in [3.63, 3.8) is 0 Å². The van der Waals surface area contributed by atoms with Gasteiger partial charge < -0.3 is 17.7 Å². The Bertz CT molecular complexity index is 538. The lowest BCUT2D eigenvalue weighted by molar-refractivity contribution is -0.00000568. The molecule has 2 heterocycles. The molecule has 2 bridgehead atoms. The van der Waals surface area contributed by atoms with Gasteiger partial charge in [0.05, 0.1) is 0 Å². The van der Waals surface area contributed by atoms with Crippen molar-refractivity contribution in [2.45, 2.75) is 51.6 Å². The number of rotatable bonds is 2. The van der Waals surface area contributed by atoms with Crippen molar-refractivity contribution in [3.8, 4) is 0 Å². The van der Waals surface area contributed by atoms with Crippen LogP contribution in [-0.4, -0.2) is 6.04 Å². The van der Waals surface area contributed by atoms with Crippen molar-refractivity contribution < 1.29 is 12.4 Å². The fraction of sp³-hybridized carbons (Fsp3) is 0.529. The van der Waals surface area contributed by atoms with Gasteiger partial charge in [0.15, 0.2) is 0 Å². The van der Waals surface area contributed by atoms with Gasteiger partial charge in [0.2, 0.25) is 0 Å². The fourth-order valence-electron chi connectivity index (χ4n) is 4.14. The van der Waals surface area contributed by atoms with Crippen molar-refractivity contribution in [1.82, 2.24) is 5.32 Å². The molecule has 3 heteroatoms. The van der Waals surface area contributed by atoms with Crippen LogP contribution >= 0.6 is 15.9 Å². The maximum atomic E-state index is 4.11. The molecule has 1 nitrogen and oxygen atoms in total. The predicted octanol–water partition coefficient (Wildman–Crippen LogP) is 1.95. The first-order valence-electron chi connectivity index (χ1n) is 7.09. The Labute approximate surface area is 136 Å². The van der Waals surface area contributed by atoms with Crippen molar-refractivity contribution in [3.05, 3.63) is 46.0 Å². The van der Waals surface area contributed by atoms with Crippen LogP contribution < -0.4 is 17.7 Å². The Kier molecular flexibility index (Phi) is 4.40. The maximum Gasteiger partial charge on any atom is 0.0331 e. The molecule has 1 fully saturated rings. The normalized spacial score (nSPS) is 29.5. The molecule has 4 rings (SSSR count). The highest BCUT2D eigenvalue weighted by Crippen LogP contribution is 2.57. The number of halogens is 2. The average Bonchev–Trinajstić information content (AvgIpc) is 2.27. The lowest BCUT2D eigenvalue weighted by Gasteiger charge is -2.54. The molecule has 1 aromatic carbocycles. The van der Waals surface area contributed by atoms with Crippen LogP contribution in [0.4, 0.5) is 0 Å². The van der Waals surface area contributed by atoms with Crippen LogP contribution in [0.5, 0.6) is 0 Å². The van der Waals surface area contributed by atoms with Crippen LogP contribution in [0.3, 0.4) is 0 Å². The number of piperidine rings is 1. The van der Waals surface area contributed by atoms with Gasteiger partial charge in [0.25, 0.3) is 0 Å². The van der Waals surface area contributed by atoms with Gasteiger partial charge in [-0.05, 0) is 42.4 Å². The minimum absolute atomic E-state index is 0. The van der Waals surface area contributed by atoms with Gasteiger partial charge in [-0.3, -0.25) is 0 Å². The SMILES string of the molecule is C=C(C)CC1NC2CC(C)(C)C1c1c(Br)cccc12.[Cl-]. The molecule has 3 unspecified atom stereocenters. The maximum absolute atomic E-state index is 4.11. The van der Waals surface area contributed by atoms with Gasteiger partial charge >= 0.3 is 0 Å². The highest BCUT2D eigenvalue weighted by Gasteiger charge is 2.49. The van der Waals surface area contributed by atoms with E-state index in [4.69, 9.17) is 0 Å². The van der Waals surface area contributed by atoms with Gasteiger partial charge in [-0.15, -0.1) is 6.58 Å². The van der Waals surface area contributed by atoms with E-state index in [0.717, 1.165) is 6.42 Å². The van der Waals surface area contributed by atoms with Crippen LogP contribution in [0.2, 0.25) is 0 Å². The van der Waals surface area contributed by atoms with Gasteiger partial charge in [-0.2, -0.15) is 0 Å². The molecule has 110 valence electrons. The van der Waals surface area contributed by atoms with E-state index >= 15 is 0 Å². The fourth-order valence-corrected chi connectivity index (χ4v) is 4.77. The third-order valence-corrected chi connectivity index (χ3v) is 5.42. The molecule has 0 saturated carbocycles. The van der Waals surface area contributed by atoms with Gasteiger partial charge in [0, 0.05) is 22.5 Å². The second-order valence-corrected chi connectivity index (χ2v) is 7.75. The molecule has 3 aliphatic rings. The smallest absolute Gasteiger partial charge is 0.0331 e. The molecule has 1 aliphatic carbocycles. The molecule has 1 saturated heterocycles. The van der Waals surface area contributed by atoms with E-state index in [0.29, 0.717) is 23.4 Å². The first-order valence-corrected chi connectivity index (χ1v) is 7.88. The Morgan fingerprint density at radius 2 is 2.15 bits per heavy atom. The van der Waals surface area contributed by atoms with E-state index in [9.17, 15) is 0 Å². The summed E-state index contributed by atoms with van der Waals surface area (Å²) in [7, 11) is 0. The minimum Gasteiger partial charge on any atom is -1.00 e. The molecule has 20 heavy (non-hydrogen) atoms. The van der Waals surface area contributed by atoms with Gasteiger partial charge in [-0.1, -0.05) is 47.5 Å². The van der Waals surface area contributed by atoms with E-state index in [1.54, 1.807) is 0 Å². The first kappa shape index (κ1) is 16.1. The monoisotopic (exact) mass is 354 g/mol. The zero-order valence-electron chi connectivity index (χ0n) is 12.3. The lowest BCUT2D eigenvalue weighted by Crippen LogP contribution is -3.00. The van der Waals surface area contributed by atoms with Gasteiger partial charge in [0.1, 0.15) is 0 Å². The first-order chi connectivity index (χ1) is 8.90. The molecular weight excluding hydrogens is 334 g/mol. The number of hydrogen-bond donors (Lipinski definition) is 1. The molecule has 0 aromatic heterocycles. The summed E-state index contributed by atoms with van der Waals surface area (Å²) in [5.74, 6) is 0.569. The van der Waals surface area contributed by atoms with E-state index in [1.807, 2.05) is 0 Å². The average molecular weight is 356 g/mol. The summed E-state index contributed by atoms with van der Waals surface area (Å²) in [4.78, 5) is 0. The molecule has 0 radical (unpaired) electrons. The third-order valence-electron chi connectivity index (χ3n) is 4.73. The molecule has 1 aromatic rings. The molecule has 1 N–H and O–H groups in total. The number of hydrogen-bond acceptors (Lipinski definition) is 1. The van der Waals surface area contributed by atoms with Crippen LogP contribution in [0, 0.1) is 5.41 Å². The summed E-state index contributed by atoms with van der Waals surface area (Å²) in [6.07, 6.45) is 2.30. The topological polar surface area (TPSA) is 12.0 Å². The van der Waals surface area contributed by atoms with Crippen molar-refractivity contribution >= 4 is 15.9 Å². The highest BCUT2D eigenvalue weighted by molar-refractivity contribution is 9.10. The second kappa shape index (κ2) is 5.47. The minimum atomic E-state index is 0. The van der Waals surface area contributed by atoms with Crippen molar-refractivity contribution in [1.29, 1.82) is 0 Å². The quantitative estimate of drug-likeness (QED) is 0.800. The van der Waals surface area contributed by atoms with E-state index in [-0.39, 0.29) is 12.4 Å². The Balaban J connectivity index is 0.00000147. The summed E-state index contributed by atoms with van der Waals surface area (Å²) < 4.78 is 1.28. The van der Waals surface area contributed by atoms with E-state index in [2.05, 4.69) is 66.8 Å². The largest absolute Gasteiger partial charge is 1.00 e. The number of benzene rings is 1. The second-order valence-electron chi connectivity index (χ2n) is 6.90. The zero-order chi connectivity index (χ0) is 13.8. The van der Waals surface area contributed by atoms with Crippen molar-refractivity contribution in [2.24, 2.45) is 5.41 Å². The zero-order valence-corrected chi connectivity index (χ0v) is 14.7. The lowest BCUT2D eigenvalue weighted by atomic mass is 9.58. The Morgan fingerprint density at radius 1 is 1.45 bits per heavy atom. The van der Waals surface area contributed by atoms with Crippen LogP contribution in [0.15, 0.2) is 34.8 Å². The van der Waals surface area contributed by atoms with Crippen LogP contribution in [-0.2, 0) is 0 Å². The summed E-state index contributed by atoms with van der Waals surface area (Å²) in [6.45, 7) is 11.1. The standard InChI is InChI=1S/C17H22BrN.ClH/c1-10(2)8-13-16-15-11(6-5-7-12(15)18)14(19-13)9-17(16,3)4;/h5-7,13-14,16,19H,1,8-9H2,2-4H3;1H/p-1. The molecule has 0 spiro atoms. The summed E-state index contributed by atoms with van der Waals surface area (Å²) in [5.41, 5.74) is 4.66.